The van der Waals surface area contributed by atoms with E-state index in [2.05, 4.69) is 30.9 Å². The second-order valence-corrected chi connectivity index (χ2v) is 8.14. The predicted octanol–water partition coefficient (Wildman–Crippen LogP) is 4.84. The second kappa shape index (κ2) is 9.10. The van der Waals surface area contributed by atoms with Crippen molar-refractivity contribution in [3.05, 3.63) is 92.0 Å². The number of ether oxygens (including phenoxy) is 1. The van der Waals surface area contributed by atoms with Gasteiger partial charge in [-0.1, -0.05) is 12.2 Å². The number of nitro groups is 1. The van der Waals surface area contributed by atoms with Gasteiger partial charge in [0.1, 0.15) is 5.69 Å². The van der Waals surface area contributed by atoms with E-state index in [0.29, 0.717) is 21.4 Å². The van der Waals surface area contributed by atoms with Crippen LogP contribution in [0, 0.1) is 17.0 Å². The van der Waals surface area contributed by atoms with Gasteiger partial charge in [0.25, 0.3) is 5.69 Å². The second-order valence-electron chi connectivity index (χ2n) is 7.35. The molecule has 1 aromatic carbocycles. The van der Waals surface area contributed by atoms with Crippen molar-refractivity contribution in [1.29, 1.82) is 0 Å². The van der Waals surface area contributed by atoms with Crippen LogP contribution in [0.3, 0.4) is 0 Å². The monoisotopic (exact) mass is 526 g/mol. The number of aromatic nitrogens is 3. The van der Waals surface area contributed by atoms with Crippen molar-refractivity contribution in [3.63, 3.8) is 0 Å². The summed E-state index contributed by atoms with van der Waals surface area (Å²) in [6.45, 7) is 1.72. The number of H-pyrrole nitrogens is 1. The third-order valence-corrected chi connectivity index (χ3v) is 5.88. The van der Waals surface area contributed by atoms with Gasteiger partial charge in [-0.2, -0.15) is 0 Å². The molecule has 0 saturated carbocycles. The van der Waals surface area contributed by atoms with Crippen LogP contribution in [0.25, 0.3) is 16.7 Å². The number of aryl methyl sites for hydroxylation is 1. The Kier molecular flexibility index (Phi) is 6.20. The predicted molar refractivity (Wildman–Crippen MR) is 124 cm³/mol. The summed E-state index contributed by atoms with van der Waals surface area (Å²) in [5, 5.41) is 11.0. The molecule has 172 valence electrons. The van der Waals surface area contributed by atoms with Crippen LogP contribution < -0.4 is 0 Å². The summed E-state index contributed by atoms with van der Waals surface area (Å²) in [5.41, 5.74) is 1.39. The zero-order valence-corrected chi connectivity index (χ0v) is 19.4. The Bertz CT molecular complexity index is 1390. The Labute approximate surface area is 200 Å². The summed E-state index contributed by atoms with van der Waals surface area (Å²) >= 11 is 3.35. The largest absolute Gasteiger partial charge is 0.464 e. The minimum atomic E-state index is -1.17. The highest BCUT2D eigenvalue weighted by molar-refractivity contribution is 9.10. The van der Waals surface area contributed by atoms with Crippen molar-refractivity contribution in [2.75, 3.05) is 7.11 Å². The molecule has 2 aromatic heterocycles. The number of nitrogens with zero attached hydrogens (tertiary/aromatic N) is 3. The van der Waals surface area contributed by atoms with Gasteiger partial charge in [-0.25, -0.2) is 19.2 Å². The summed E-state index contributed by atoms with van der Waals surface area (Å²) < 4.78 is 20.5. The summed E-state index contributed by atoms with van der Waals surface area (Å²) in [6, 6.07) is 7.19. The van der Waals surface area contributed by atoms with Crippen LogP contribution >= 0.6 is 15.9 Å². The number of benzene rings is 1. The van der Waals surface area contributed by atoms with Gasteiger partial charge in [0, 0.05) is 35.2 Å². The Morgan fingerprint density at radius 3 is 2.59 bits per heavy atom. The van der Waals surface area contributed by atoms with Gasteiger partial charge in [-0.15, -0.1) is 0 Å². The molecule has 1 aliphatic carbocycles. The molecule has 0 fully saturated rings. The van der Waals surface area contributed by atoms with Crippen LogP contribution in [0.2, 0.25) is 0 Å². The molecule has 34 heavy (non-hydrogen) atoms. The highest BCUT2D eigenvalue weighted by Crippen LogP contribution is 2.43. The first-order chi connectivity index (χ1) is 16.2. The van der Waals surface area contributed by atoms with Gasteiger partial charge in [0.2, 0.25) is 5.78 Å². The number of halogens is 2. The van der Waals surface area contributed by atoms with E-state index in [-0.39, 0.29) is 28.3 Å². The number of ketones is 1. The number of methoxy groups -OCH3 is 1. The van der Waals surface area contributed by atoms with E-state index >= 15 is 4.39 Å². The minimum absolute atomic E-state index is 0.0474. The lowest BCUT2D eigenvalue weighted by molar-refractivity contribution is -0.384. The molecule has 1 N–H and O–H groups in total. The van der Waals surface area contributed by atoms with E-state index in [1.807, 2.05) is 0 Å². The molecule has 11 heteroatoms. The summed E-state index contributed by atoms with van der Waals surface area (Å²) in [6.07, 6.45) is 4.33. The fourth-order valence-corrected chi connectivity index (χ4v) is 4.33. The number of nitro benzene ring substituents is 1. The number of rotatable bonds is 5. The number of allylic oxidation sites excluding steroid dienone is 4. The molecule has 0 bridgehead atoms. The number of carbonyl (C=O) groups is 2. The molecule has 0 radical (unpaired) electrons. The molecule has 4 rings (SSSR count). The first-order valence-corrected chi connectivity index (χ1v) is 10.7. The van der Waals surface area contributed by atoms with Crippen molar-refractivity contribution in [1.82, 2.24) is 15.0 Å². The molecular weight excluding hydrogens is 511 g/mol. The maximum absolute atomic E-state index is 15.3. The Balaban J connectivity index is 1.85. The van der Waals surface area contributed by atoms with Crippen molar-refractivity contribution in [2.45, 2.75) is 12.8 Å². The van der Waals surface area contributed by atoms with Crippen molar-refractivity contribution in [3.8, 4) is 11.1 Å². The summed E-state index contributed by atoms with van der Waals surface area (Å²) in [4.78, 5) is 47.2. The number of hydrogen-bond donors (Lipinski definition) is 1. The fourth-order valence-electron chi connectivity index (χ4n) is 3.69. The third-order valence-electron chi connectivity index (χ3n) is 5.29. The molecular formula is C23H16BrFN4O5. The molecule has 0 spiro atoms. The van der Waals surface area contributed by atoms with E-state index in [1.54, 1.807) is 13.0 Å². The zero-order valence-electron chi connectivity index (χ0n) is 17.8. The van der Waals surface area contributed by atoms with Gasteiger partial charge < -0.3 is 9.72 Å². The molecule has 3 aromatic rings. The van der Waals surface area contributed by atoms with E-state index in [0.717, 1.165) is 0 Å². The topological polar surface area (TPSA) is 128 Å². The Morgan fingerprint density at radius 2 is 1.97 bits per heavy atom. The van der Waals surface area contributed by atoms with Crippen LogP contribution in [0.5, 0.6) is 0 Å². The highest BCUT2D eigenvalue weighted by Gasteiger charge is 2.36. The van der Waals surface area contributed by atoms with Crippen molar-refractivity contribution in [2.24, 2.45) is 0 Å². The van der Waals surface area contributed by atoms with Crippen molar-refractivity contribution < 1.29 is 23.6 Å². The molecule has 0 saturated heterocycles. The Morgan fingerprint density at radius 1 is 1.26 bits per heavy atom. The van der Waals surface area contributed by atoms with Crippen molar-refractivity contribution >= 4 is 38.9 Å². The zero-order chi connectivity index (χ0) is 24.6. The van der Waals surface area contributed by atoms with Crippen LogP contribution in [-0.2, 0) is 9.53 Å². The van der Waals surface area contributed by atoms with Crippen LogP contribution in [-0.4, -0.2) is 38.7 Å². The maximum atomic E-state index is 15.3. The third kappa shape index (κ3) is 4.05. The molecule has 1 atom stereocenters. The number of hydrogen-bond acceptors (Lipinski definition) is 7. The van der Waals surface area contributed by atoms with E-state index in [4.69, 9.17) is 4.74 Å². The number of esters is 1. The van der Waals surface area contributed by atoms with Gasteiger partial charge in [-0.05, 0) is 46.6 Å². The fraction of sp³-hybridized carbons (Fsp3) is 0.130. The first kappa shape index (κ1) is 23.2. The van der Waals surface area contributed by atoms with E-state index in [1.165, 1.54) is 49.7 Å². The molecule has 9 nitrogen and oxygen atoms in total. The molecule has 2 heterocycles. The molecule has 0 aliphatic heterocycles. The first-order valence-electron chi connectivity index (χ1n) is 9.89. The quantitative estimate of drug-likeness (QED) is 0.286. The average Bonchev–Trinajstić information content (AvgIpc) is 3.17. The minimum Gasteiger partial charge on any atom is -0.464 e. The van der Waals surface area contributed by atoms with Crippen LogP contribution in [0.15, 0.2) is 59.1 Å². The smallest absolute Gasteiger partial charge is 0.354 e. The lowest BCUT2D eigenvalue weighted by Gasteiger charge is -2.19. The highest BCUT2D eigenvalue weighted by atomic mass is 79.9. The SMILES string of the molecule is COC(=O)c1[nH]c(Br)c(-c2ccc([N+](=O)[O-])cc2)c1C1C=CC(c2nccc(C)n2)=C(F)C1=O. The van der Waals surface area contributed by atoms with Crippen LogP contribution in [0.4, 0.5) is 10.1 Å². The maximum Gasteiger partial charge on any atom is 0.354 e. The molecule has 0 amide bonds. The van der Waals surface area contributed by atoms with E-state index in [9.17, 15) is 19.7 Å². The normalized spacial score (nSPS) is 15.5. The lowest BCUT2D eigenvalue weighted by Crippen LogP contribution is -2.19. The van der Waals surface area contributed by atoms with E-state index < -0.39 is 28.4 Å². The van der Waals surface area contributed by atoms with Gasteiger partial charge in [0.15, 0.2) is 11.7 Å². The van der Waals surface area contributed by atoms with Gasteiger partial charge >= 0.3 is 5.97 Å². The summed E-state index contributed by atoms with van der Waals surface area (Å²) in [7, 11) is 1.18. The average molecular weight is 527 g/mol. The Hall–Kier alpha value is -3.99. The number of Topliss-reactive ketones (excluding diaryl/α,β-unsaturated/α-hetero) is 1. The number of carbonyl (C=O) groups excluding carboxylic acids is 2. The lowest BCUT2D eigenvalue weighted by atomic mass is 9.84. The number of non-ortho nitro benzene ring substituents is 1. The van der Waals surface area contributed by atoms with Gasteiger partial charge in [0.05, 0.1) is 28.1 Å². The number of aromatic amines is 1. The molecule has 1 unspecified atom stereocenters. The standard InChI is InChI=1S/C23H16BrFN4O5/c1-11-9-10-26-22(27-11)15-8-7-14(20(30)18(15)25)17-16(21(24)28-19(17)23(31)34-2)12-3-5-13(6-4-12)29(32)33/h3-10,14,28H,1-2H3. The summed E-state index contributed by atoms with van der Waals surface area (Å²) in [5.74, 6) is -3.79. The molecule has 1 aliphatic rings. The van der Waals surface area contributed by atoms with Crippen LogP contribution in [0.1, 0.15) is 33.5 Å². The van der Waals surface area contributed by atoms with Gasteiger partial charge in [-0.3, -0.25) is 14.9 Å². The number of nitrogens with one attached hydrogen (secondary N) is 1.